The van der Waals surface area contributed by atoms with Gasteiger partial charge in [-0.2, -0.15) is 0 Å². The first kappa shape index (κ1) is 17.0. The van der Waals surface area contributed by atoms with E-state index in [1.807, 2.05) is 15.9 Å². The van der Waals surface area contributed by atoms with Gasteiger partial charge in [-0.15, -0.1) is 0 Å². The Labute approximate surface area is 145 Å². The zero-order valence-electron chi connectivity index (χ0n) is 14.7. The van der Waals surface area contributed by atoms with Gasteiger partial charge in [0, 0.05) is 45.8 Å². The summed E-state index contributed by atoms with van der Waals surface area (Å²) in [6, 6.07) is 10.6. The van der Waals surface area contributed by atoms with E-state index >= 15 is 0 Å². The molecule has 0 bridgehead atoms. The summed E-state index contributed by atoms with van der Waals surface area (Å²) in [5.74, 6) is 0.766. The third-order valence-corrected chi connectivity index (χ3v) is 5.17. The summed E-state index contributed by atoms with van der Waals surface area (Å²) < 4.78 is 0. The van der Waals surface area contributed by atoms with Gasteiger partial charge in [-0.05, 0) is 24.3 Å². The number of carbonyl (C=O) groups excluding carboxylic acids is 1. The van der Waals surface area contributed by atoms with Crippen molar-refractivity contribution in [3.05, 3.63) is 42.0 Å². The van der Waals surface area contributed by atoms with Gasteiger partial charge < -0.3 is 9.80 Å². The Hall–Kier alpha value is -1.81. The van der Waals surface area contributed by atoms with E-state index in [0.717, 1.165) is 64.6 Å². The van der Waals surface area contributed by atoms with Crippen molar-refractivity contribution >= 4 is 12.1 Å². The molecule has 2 aliphatic rings. The molecule has 1 aromatic carbocycles. The number of hydrogen-bond acceptors (Lipinski definition) is 2. The van der Waals surface area contributed by atoms with E-state index in [9.17, 15) is 4.79 Å². The van der Waals surface area contributed by atoms with Crippen molar-refractivity contribution in [2.24, 2.45) is 5.92 Å². The maximum Gasteiger partial charge on any atom is 0.320 e. The van der Waals surface area contributed by atoms with Crippen LogP contribution in [0.25, 0.3) is 6.08 Å². The van der Waals surface area contributed by atoms with E-state index in [1.54, 1.807) is 0 Å². The van der Waals surface area contributed by atoms with Crippen LogP contribution in [0.1, 0.15) is 25.3 Å². The van der Waals surface area contributed by atoms with Crippen LogP contribution in [0.3, 0.4) is 0 Å². The molecule has 0 N–H and O–H groups in total. The molecule has 130 valence electrons. The molecule has 24 heavy (non-hydrogen) atoms. The molecule has 2 fully saturated rings. The van der Waals surface area contributed by atoms with Gasteiger partial charge >= 0.3 is 6.03 Å². The van der Waals surface area contributed by atoms with Gasteiger partial charge in [-0.3, -0.25) is 4.90 Å². The minimum Gasteiger partial charge on any atom is -0.325 e. The fourth-order valence-electron chi connectivity index (χ4n) is 3.42. The molecule has 0 spiro atoms. The standard InChI is InChI=1S/C20H29N3O/c1-18-9-12-22(13-10-18)20(24)23-16-14-21(15-17-23)11-5-8-19-6-3-2-4-7-19/h2-8,18H,9-17H2,1H3/b8-5+. The lowest BCUT2D eigenvalue weighted by Crippen LogP contribution is -2.54. The molecule has 2 amide bonds. The smallest absolute Gasteiger partial charge is 0.320 e. The van der Waals surface area contributed by atoms with Crippen LogP contribution in [-0.4, -0.2) is 66.5 Å². The normalized spacial score (nSPS) is 20.7. The third-order valence-electron chi connectivity index (χ3n) is 5.17. The Morgan fingerprint density at radius 3 is 2.29 bits per heavy atom. The van der Waals surface area contributed by atoms with E-state index in [4.69, 9.17) is 0 Å². The average Bonchev–Trinajstić information content (AvgIpc) is 2.63. The van der Waals surface area contributed by atoms with Crippen molar-refractivity contribution in [3.8, 4) is 0 Å². The molecule has 2 heterocycles. The zero-order chi connectivity index (χ0) is 16.8. The third kappa shape index (κ3) is 4.60. The summed E-state index contributed by atoms with van der Waals surface area (Å²) in [7, 11) is 0. The molecule has 1 aromatic rings. The van der Waals surface area contributed by atoms with E-state index in [-0.39, 0.29) is 6.03 Å². The first-order valence-corrected chi connectivity index (χ1v) is 9.20. The van der Waals surface area contributed by atoms with Gasteiger partial charge in [0.15, 0.2) is 0 Å². The van der Waals surface area contributed by atoms with Gasteiger partial charge in [-0.25, -0.2) is 4.79 Å². The van der Waals surface area contributed by atoms with Crippen LogP contribution in [0.15, 0.2) is 36.4 Å². The molecule has 0 radical (unpaired) electrons. The van der Waals surface area contributed by atoms with E-state index < -0.39 is 0 Å². The summed E-state index contributed by atoms with van der Waals surface area (Å²) in [5, 5.41) is 0. The predicted octanol–water partition coefficient (Wildman–Crippen LogP) is 3.17. The largest absolute Gasteiger partial charge is 0.325 e. The fraction of sp³-hybridized carbons (Fsp3) is 0.550. The van der Waals surface area contributed by atoms with E-state index in [1.165, 1.54) is 5.56 Å². The van der Waals surface area contributed by atoms with E-state index in [0.29, 0.717) is 0 Å². The number of piperidine rings is 1. The molecule has 0 unspecified atom stereocenters. The number of carbonyl (C=O) groups is 1. The minimum atomic E-state index is 0.251. The quantitative estimate of drug-likeness (QED) is 0.852. The van der Waals surface area contributed by atoms with Gasteiger partial charge in [0.1, 0.15) is 0 Å². The number of amides is 2. The summed E-state index contributed by atoms with van der Waals surface area (Å²) in [6.07, 6.45) is 6.69. The van der Waals surface area contributed by atoms with E-state index in [2.05, 4.69) is 48.2 Å². The van der Waals surface area contributed by atoms with Crippen molar-refractivity contribution in [1.29, 1.82) is 0 Å². The van der Waals surface area contributed by atoms with Crippen LogP contribution in [0, 0.1) is 5.92 Å². The van der Waals surface area contributed by atoms with Crippen molar-refractivity contribution in [1.82, 2.24) is 14.7 Å². The number of nitrogens with zero attached hydrogens (tertiary/aromatic N) is 3. The summed E-state index contributed by atoms with van der Waals surface area (Å²) in [4.78, 5) is 19.1. The van der Waals surface area contributed by atoms with Gasteiger partial charge in [0.25, 0.3) is 0 Å². The zero-order valence-corrected chi connectivity index (χ0v) is 14.7. The van der Waals surface area contributed by atoms with Crippen LogP contribution in [0.5, 0.6) is 0 Å². The van der Waals surface area contributed by atoms with Gasteiger partial charge in [0.2, 0.25) is 0 Å². The topological polar surface area (TPSA) is 26.8 Å². The highest BCUT2D eigenvalue weighted by Gasteiger charge is 2.27. The van der Waals surface area contributed by atoms with Crippen LogP contribution in [0.2, 0.25) is 0 Å². The fourth-order valence-corrected chi connectivity index (χ4v) is 3.42. The number of benzene rings is 1. The van der Waals surface area contributed by atoms with Crippen LogP contribution < -0.4 is 0 Å². The number of hydrogen-bond donors (Lipinski definition) is 0. The van der Waals surface area contributed by atoms with Crippen LogP contribution in [0.4, 0.5) is 4.79 Å². The lowest BCUT2D eigenvalue weighted by atomic mass is 9.99. The Bertz CT molecular complexity index is 541. The highest BCUT2D eigenvalue weighted by Crippen LogP contribution is 2.18. The average molecular weight is 327 g/mol. The minimum absolute atomic E-state index is 0.251. The lowest BCUT2D eigenvalue weighted by molar-refractivity contribution is 0.106. The van der Waals surface area contributed by atoms with Crippen LogP contribution >= 0.6 is 0 Å². The molecule has 4 nitrogen and oxygen atoms in total. The molecule has 0 aromatic heterocycles. The number of likely N-dealkylation sites (tertiary alicyclic amines) is 1. The van der Waals surface area contributed by atoms with Crippen molar-refractivity contribution in [2.45, 2.75) is 19.8 Å². The molecule has 0 saturated carbocycles. The first-order chi connectivity index (χ1) is 11.7. The van der Waals surface area contributed by atoms with Crippen molar-refractivity contribution in [2.75, 3.05) is 45.8 Å². The van der Waals surface area contributed by atoms with Crippen molar-refractivity contribution < 1.29 is 4.79 Å². The predicted molar refractivity (Wildman–Crippen MR) is 98.9 cm³/mol. The van der Waals surface area contributed by atoms with Gasteiger partial charge in [-0.1, -0.05) is 49.4 Å². The molecule has 4 heteroatoms. The highest BCUT2D eigenvalue weighted by atomic mass is 16.2. The Kier molecular flexibility index (Phi) is 5.91. The molecular formula is C20H29N3O. The Balaban J connectivity index is 1.41. The highest BCUT2D eigenvalue weighted by molar-refractivity contribution is 5.74. The van der Waals surface area contributed by atoms with Crippen LogP contribution in [-0.2, 0) is 0 Å². The van der Waals surface area contributed by atoms with Crippen molar-refractivity contribution in [3.63, 3.8) is 0 Å². The second-order valence-corrected chi connectivity index (χ2v) is 7.05. The lowest BCUT2D eigenvalue weighted by Gasteiger charge is -2.39. The number of urea groups is 1. The number of piperazine rings is 1. The first-order valence-electron chi connectivity index (χ1n) is 9.20. The molecule has 0 aliphatic carbocycles. The summed E-state index contributed by atoms with van der Waals surface area (Å²) in [6.45, 7) is 8.74. The SMILES string of the molecule is CC1CCN(C(=O)N2CCN(C/C=C/c3ccccc3)CC2)CC1. The van der Waals surface area contributed by atoms with Gasteiger partial charge in [0.05, 0.1) is 0 Å². The Morgan fingerprint density at radius 1 is 1.00 bits per heavy atom. The molecule has 3 rings (SSSR count). The summed E-state index contributed by atoms with van der Waals surface area (Å²) >= 11 is 0. The molecular weight excluding hydrogens is 298 g/mol. The second kappa shape index (κ2) is 8.34. The maximum atomic E-state index is 12.6. The second-order valence-electron chi connectivity index (χ2n) is 7.05. The monoisotopic (exact) mass is 327 g/mol. The molecule has 0 atom stereocenters. The maximum absolute atomic E-state index is 12.6. The number of rotatable bonds is 3. The molecule has 2 saturated heterocycles. The Morgan fingerprint density at radius 2 is 1.62 bits per heavy atom. The molecule has 2 aliphatic heterocycles. The summed E-state index contributed by atoms with van der Waals surface area (Å²) in [5.41, 5.74) is 1.24.